The highest BCUT2D eigenvalue weighted by atomic mass is 15.3. The normalized spacial score (nSPS) is 11.4. The first-order valence-corrected chi connectivity index (χ1v) is 3.93. The number of hydrogen-bond donors (Lipinski definition) is 1. The highest BCUT2D eigenvalue weighted by Crippen LogP contribution is 2.17. The van der Waals surface area contributed by atoms with Crippen LogP contribution in [0.25, 0.3) is 5.70 Å². The average molecular weight is 176 g/mol. The summed E-state index contributed by atoms with van der Waals surface area (Å²) in [5.41, 5.74) is 8.87. The van der Waals surface area contributed by atoms with Crippen molar-refractivity contribution in [3.8, 4) is 6.07 Å². The van der Waals surface area contributed by atoms with Crippen LogP contribution in [0.2, 0.25) is 0 Å². The molecule has 1 aromatic heterocycles. The van der Waals surface area contributed by atoms with Crippen molar-refractivity contribution in [3.63, 3.8) is 0 Å². The first-order chi connectivity index (χ1) is 6.07. The van der Waals surface area contributed by atoms with E-state index in [2.05, 4.69) is 5.10 Å². The zero-order valence-electron chi connectivity index (χ0n) is 8.00. The molecule has 0 saturated heterocycles. The smallest absolute Gasteiger partial charge is 0.0933 e. The lowest BCUT2D eigenvalue weighted by molar-refractivity contribution is 0.731. The minimum atomic E-state index is 0.477. The molecule has 0 aliphatic rings. The van der Waals surface area contributed by atoms with Gasteiger partial charge in [0.05, 0.1) is 17.5 Å². The first kappa shape index (κ1) is 9.33. The molecule has 0 spiro atoms. The fraction of sp³-hybridized carbons (Fsp3) is 0.333. The third-order valence-corrected chi connectivity index (χ3v) is 2.02. The van der Waals surface area contributed by atoms with Crippen molar-refractivity contribution >= 4 is 5.70 Å². The number of allylic oxidation sites excluding steroid dienone is 1. The molecule has 68 valence electrons. The summed E-state index contributed by atoms with van der Waals surface area (Å²) in [6, 6.07) is 1.91. The molecule has 0 radical (unpaired) electrons. The molecule has 2 N–H and O–H groups in total. The van der Waals surface area contributed by atoms with Crippen LogP contribution >= 0.6 is 0 Å². The SMILES string of the molecule is Cc1nn(C)c(C)c1/C(N)=C\C#N. The van der Waals surface area contributed by atoms with Crippen molar-refractivity contribution in [3.05, 3.63) is 23.0 Å². The molecular formula is C9H12N4. The van der Waals surface area contributed by atoms with Crippen LogP contribution in [0.1, 0.15) is 17.0 Å². The molecule has 0 aliphatic carbocycles. The van der Waals surface area contributed by atoms with E-state index in [9.17, 15) is 0 Å². The molecule has 13 heavy (non-hydrogen) atoms. The van der Waals surface area contributed by atoms with E-state index >= 15 is 0 Å². The number of nitriles is 1. The quantitative estimate of drug-likeness (QED) is 0.645. The number of aryl methyl sites for hydroxylation is 2. The summed E-state index contributed by atoms with van der Waals surface area (Å²) in [5, 5.41) is 12.7. The molecule has 0 atom stereocenters. The minimum absolute atomic E-state index is 0.477. The Morgan fingerprint density at radius 1 is 1.62 bits per heavy atom. The van der Waals surface area contributed by atoms with E-state index in [4.69, 9.17) is 11.0 Å². The van der Waals surface area contributed by atoms with E-state index in [1.165, 1.54) is 6.08 Å². The van der Waals surface area contributed by atoms with Gasteiger partial charge in [0.2, 0.25) is 0 Å². The molecule has 0 unspecified atom stereocenters. The highest BCUT2D eigenvalue weighted by molar-refractivity contribution is 5.68. The molecule has 4 heteroatoms. The zero-order valence-corrected chi connectivity index (χ0v) is 8.00. The van der Waals surface area contributed by atoms with Crippen LogP contribution < -0.4 is 5.73 Å². The van der Waals surface area contributed by atoms with Crippen molar-refractivity contribution in [1.82, 2.24) is 9.78 Å². The lowest BCUT2D eigenvalue weighted by Gasteiger charge is -1.99. The third kappa shape index (κ3) is 1.54. The van der Waals surface area contributed by atoms with Gasteiger partial charge < -0.3 is 5.73 Å². The Balaban J connectivity index is 3.31. The van der Waals surface area contributed by atoms with E-state index in [-0.39, 0.29) is 0 Å². The summed E-state index contributed by atoms with van der Waals surface area (Å²) in [5.74, 6) is 0. The van der Waals surface area contributed by atoms with Crippen molar-refractivity contribution in [2.45, 2.75) is 13.8 Å². The van der Waals surface area contributed by atoms with Crippen LogP contribution in [-0.2, 0) is 7.05 Å². The number of nitrogens with two attached hydrogens (primary N) is 1. The molecule has 1 aromatic rings. The van der Waals surface area contributed by atoms with Gasteiger partial charge in [0.1, 0.15) is 0 Å². The fourth-order valence-electron chi connectivity index (χ4n) is 1.33. The number of nitrogens with zero attached hydrogens (tertiary/aromatic N) is 3. The summed E-state index contributed by atoms with van der Waals surface area (Å²) < 4.78 is 1.75. The Labute approximate surface area is 77.3 Å². The van der Waals surface area contributed by atoms with Crippen molar-refractivity contribution in [1.29, 1.82) is 5.26 Å². The van der Waals surface area contributed by atoms with E-state index in [0.717, 1.165) is 17.0 Å². The van der Waals surface area contributed by atoms with Gasteiger partial charge in [-0.05, 0) is 13.8 Å². The Morgan fingerprint density at radius 3 is 2.62 bits per heavy atom. The molecule has 0 saturated carbocycles. The third-order valence-electron chi connectivity index (χ3n) is 2.02. The number of hydrogen-bond acceptors (Lipinski definition) is 3. The predicted octanol–water partition coefficient (Wildman–Crippen LogP) is 0.860. The number of aromatic nitrogens is 2. The molecule has 0 bridgehead atoms. The van der Waals surface area contributed by atoms with Gasteiger partial charge in [-0.1, -0.05) is 0 Å². The van der Waals surface area contributed by atoms with Crippen molar-refractivity contribution in [2.75, 3.05) is 0 Å². The molecule has 0 aromatic carbocycles. The van der Waals surface area contributed by atoms with E-state index in [1.807, 2.05) is 27.0 Å². The summed E-state index contributed by atoms with van der Waals surface area (Å²) >= 11 is 0. The van der Waals surface area contributed by atoms with Gasteiger partial charge in [-0.2, -0.15) is 10.4 Å². The van der Waals surface area contributed by atoms with Gasteiger partial charge in [-0.15, -0.1) is 0 Å². The second kappa shape index (κ2) is 3.31. The maximum Gasteiger partial charge on any atom is 0.0933 e. The molecule has 0 aliphatic heterocycles. The minimum Gasteiger partial charge on any atom is -0.398 e. The van der Waals surface area contributed by atoms with Gasteiger partial charge in [0.15, 0.2) is 0 Å². The highest BCUT2D eigenvalue weighted by Gasteiger charge is 2.10. The molecule has 1 rings (SSSR count). The Morgan fingerprint density at radius 2 is 2.23 bits per heavy atom. The molecular weight excluding hydrogens is 164 g/mol. The van der Waals surface area contributed by atoms with Crippen molar-refractivity contribution in [2.24, 2.45) is 12.8 Å². The topological polar surface area (TPSA) is 67.6 Å². The molecule has 0 fully saturated rings. The Kier molecular flexibility index (Phi) is 2.38. The largest absolute Gasteiger partial charge is 0.398 e. The first-order valence-electron chi connectivity index (χ1n) is 3.93. The second-order valence-corrected chi connectivity index (χ2v) is 2.90. The van der Waals surface area contributed by atoms with E-state index in [0.29, 0.717) is 5.70 Å². The van der Waals surface area contributed by atoms with Gasteiger partial charge in [-0.25, -0.2) is 0 Å². The summed E-state index contributed by atoms with van der Waals surface area (Å²) in [6.07, 6.45) is 1.33. The summed E-state index contributed by atoms with van der Waals surface area (Å²) in [7, 11) is 1.85. The summed E-state index contributed by atoms with van der Waals surface area (Å²) in [6.45, 7) is 3.80. The van der Waals surface area contributed by atoms with Crippen LogP contribution in [0.5, 0.6) is 0 Å². The molecule has 0 amide bonds. The standard InChI is InChI=1S/C9H12N4/c1-6-9(8(11)4-5-10)7(2)13(3)12-6/h4H,11H2,1-3H3/b8-4+. The van der Waals surface area contributed by atoms with Crippen LogP contribution in [0, 0.1) is 25.2 Å². The van der Waals surface area contributed by atoms with Crippen LogP contribution in [0.15, 0.2) is 6.08 Å². The fourth-order valence-corrected chi connectivity index (χ4v) is 1.33. The maximum absolute atomic E-state index is 8.45. The van der Waals surface area contributed by atoms with Gasteiger partial charge in [0.25, 0.3) is 0 Å². The van der Waals surface area contributed by atoms with Gasteiger partial charge >= 0.3 is 0 Å². The lowest BCUT2D eigenvalue weighted by Crippen LogP contribution is -1.99. The average Bonchev–Trinajstić information content (AvgIpc) is 2.27. The Bertz CT molecular complexity index is 392. The van der Waals surface area contributed by atoms with E-state index in [1.54, 1.807) is 4.68 Å². The van der Waals surface area contributed by atoms with Gasteiger partial charge in [0, 0.05) is 24.4 Å². The van der Waals surface area contributed by atoms with Crippen LogP contribution in [0.4, 0.5) is 0 Å². The number of rotatable bonds is 1. The zero-order chi connectivity index (χ0) is 10.0. The van der Waals surface area contributed by atoms with Crippen LogP contribution in [-0.4, -0.2) is 9.78 Å². The molecule has 1 heterocycles. The monoisotopic (exact) mass is 176 g/mol. The van der Waals surface area contributed by atoms with Crippen molar-refractivity contribution < 1.29 is 0 Å². The lowest BCUT2D eigenvalue weighted by atomic mass is 10.1. The molecule has 4 nitrogen and oxygen atoms in total. The van der Waals surface area contributed by atoms with Gasteiger partial charge in [-0.3, -0.25) is 4.68 Å². The Hall–Kier alpha value is -1.76. The van der Waals surface area contributed by atoms with E-state index < -0.39 is 0 Å². The van der Waals surface area contributed by atoms with Crippen LogP contribution in [0.3, 0.4) is 0 Å². The summed E-state index contributed by atoms with van der Waals surface area (Å²) in [4.78, 5) is 0. The maximum atomic E-state index is 8.45. The predicted molar refractivity (Wildman–Crippen MR) is 50.5 cm³/mol. The second-order valence-electron chi connectivity index (χ2n) is 2.90.